The maximum Gasteiger partial charge on any atom is 0.123 e. The maximum absolute atomic E-state index is 5.59. The highest BCUT2D eigenvalue weighted by Crippen LogP contribution is 2.26. The van der Waals surface area contributed by atoms with Gasteiger partial charge in [0.25, 0.3) is 0 Å². The Labute approximate surface area is 104 Å². The number of rotatable bonds is 7. The summed E-state index contributed by atoms with van der Waals surface area (Å²) in [6.45, 7) is 4.86. The molecule has 0 aliphatic rings. The fraction of sp³-hybridized carbons (Fsp3) is 0.571. The Hall–Kier alpha value is -1.06. The van der Waals surface area contributed by atoms with Crippen molar-refractivity contribution in [2.24, 2.45) is 0 Å². The average molecular weight is 237 g/mol. The van der Waals surface area contributed by atoms with Crippen molar-refractivity contribution in [2.45, 2.75) is 32.4 Å². The molecular formula is C14H23NO2. The summed E-state index contributed by atoms with van der Waals surface area (Å²) in [4.78, 5) is 0. The third-order valence-electron chi connectivity index (χ3n) is 2.72. The van der Waals surface area contributed by atoms with E-state index in [1.807, 2.05) is 25.2 Å². The number of nitrogens with one attached hydrogen (secondary N) is 1. The SMILES string of the molecule is CNC(CCOC(C)C)c1ccccc1OC. The summed E-state index contributed by atoms with van der Waals surface area (Å²) >= 11 is 0. The van der Waals surface area contributed by atoms with Crippen molar-refractivity contribution < 1.29 is 9.47 Å². The molecule has 1 unspecified atom stereocenters. The lowest BCUT2D eigenvalue weighted by molar-refractivity contribution is 0.0718. The fourth-order valence-corrected chi connectivity index (χ4v) is 1.83. The number of para-hydroxylation sites is 1. The van der Waals surface area contributed by atoms with Crippen LogP contribution in [0, 0.1) is 0 Å². The van der Waals surface area contributed by atoms with Crippen LogP contribution in [0.4, 0.5) is 0 Å². The summed E-state index contributed by atoms with van der Waals surface area (Å²) in [5.41, 5.74) is 1.19. The van der Waals surface area contributed by atoms with Crippen LogP contribution in [0.25, 0.3) is 0 Å². The van der Waals surface area contributed by atoms with E-state index in [0.29, 0.717) is 0 Å². The number of hydrogen-bond acceptors (Lipinski definition) is 3. The number of hydrogen-bond donors (Lipinski definition) is 1. The molecule has 96 valence electrons. The van der Waals surface area contributed by atoms with Crippen LogP contribution in [0.1, 0.15) is 31.9 Å². The quantitative estimate of drug-likeness (QED) is 0.791. The van der Waals surface area contributed by atoms with Gasteiger partial charge in [-0.2, -0.15) is 0 Å². The van der Waals surface area contributed by atoms with Gasteiger partial charge in [0.15, 0.2) is 0 Å². The highest BCUT2D eigenvalue weighted by atomic mass is 16.5. The first kappa shape index (κ1) is 14.0. The molecule has 0 fully saturated rings. The topological polar surface area (TPSA) is 30.5 Å². The van der Waals surface area contributed by atoms with E-state index in [4.69, 9.17) is 9.47 Å². The van der Waals surface area contributed by atoms with Crippen LogP contribution >= 0.6 is 0 Å². The minimum atomic E-state index is 0.268. The Morgan fingerprint density at radius 3 is 2.53 bits per heavy atom. The standard InChI is InChI=1S/C14H23NO2/c1-11(2)17-10-9-13(15-3)12-7-5-6-8-14(12)16-4/h5-8,11,13,15H,9-10H2,1-4H3. The van der Waals surface area contributed by atoms with Crippen molar-refractivity contribution >= 4 is 0 Å². The first-order valence-electron chi connectivity index (χ1n) is 6.10. The van der Waals surface area contributed by atoms with Crippen molar-refractivity contribution in [3.05, 3.63) is 29.8 Å². The van der Waals surface area contributed by atoms with E-state index in [9.17, 15) is 0 Å². The summed E-state index contributed by atoms with van der Waals surface area (Å²) in [7, 11) is 3.67. The predicted octanol–water partition coefficient (Wildman–Crippen LogP) is 2.77. The van der Waals surface area contributed by atoms with Crippen molar-refractivity contribution in [3.63, 3.8) is 0 Å². The molecular weight excluding hydrogens is 214 g/mol. The third-order valence-corrected chi connectivity index (χ3v) is 2.72. The van der Waals surface area contributed by atoms with Crippen LogP contribution in [0.2, 0.25) is 0 Å². The molecule has 1 N–H and O–H groups in total. The van der Waals surface area contributed by atoms with E-state index in [1.165, 1.54) is 5.56 Å². The first-order chi connectivity index (χ1) is 8.19. The van der Waals surface area contributed by atoms with Crippen LogP contribution in [-0.2, 0) is 4.74 Å². The highest BCUT2D eigenvalue weighted by Gasteiger charge is 2.13. The second kappa shape index (κ2) is 7.30. The van der Waals surface area contributed by atoms with Crippen LogP contribution in [-0.4, -0.2) is 26.9 Å². The van der Waals surface area contributed by atoms with E-state index in [-0.39, 0.29) is 12.1 Å². The normalized spacial score (nSPS) is 12.8. The van der Waals surface area contributed by atoms with Crippen LogP contribution in [0.15, 0.2) is 24.3 Å². The van der Waals surface area contributed by atoms with Crippen LogP contribution in [0.3, 0.4) is 0 Å². The number of benzene rings is 1. The van der Waals surface area contributed by atoms with Gasteiger partial charge in [-0.3, -0.25) is 0 Å². The van der Waals surface area contributed by atoms with Crippen molar-refractivity contribution in [2.75, 3.05) is 20.8 Å². The Kier molecular flexibility index (Phi) is 6.01. The smallest absolute Gasteiger partial charge is 0.123 e. The molecule has 0 bridgehead atoms. The van der Waals surface area contributed by atoms with Crippen molar-refractivity contribution in [3.8, 4) is 5.75 Å². The van der Waals surface area contributed by atoms with E-state index in [0.717, 1.165) is 18.8 Å². The molecule has 0 aliphatic carbocycles. The van der Waals surface area contributed by atoms with E-state index < -0.39 is 0 Å². The first-order valence-corrected chi connectivity index (χ1v) is 6.10. The Bertz CT molecular complexity index is 326. The molecule has 0 aliphatic heterocycles. The summed E-state index contributed by atoms with van der Waals surface area (Å²) in [6.07, 6.45) is 1.22. The lowest BCUT2D eigenvalue weighted by atomic mass is 10.0. The summed E-state index contributed by atoms with van der Waals surface area (Å²) in [6, 6.07) is 8.37. The molecule has 1 aromatic rings. The molecule has 0 saturated carbocycles. The zero-order chi connectivity index (χ0) is 12.7. The minimum Gasteiger partial charge on any atom is -0.496 e. The molecule has 0 radical (unpaired) electrons. The average Bonchev–Trinajstić information content (AvgIpc) is 2.34. The zero-order valence-electron chi connectivity index (χ0n) is 11.2. The highest BCUT2D eigenvalue weighted by molar-refractivity contribution is 5.35. The molecule has 0 spiro atoms. The minimum absolute atomic E-state index is 0.268. The van der Waals surface area contributed by atoms with E-state index in [2.05, 4.69) is 25.2 Å². The summed E-state index contributed by atoms with van der Waals surface area (Å²) in [5, 5.41) is 3.31. The van der Waals surface area contributed by atoms with Gasteiger partial charge in [-0.15, -0.1) is 0 Å². The molecule has 17 heavy (non-hydrogen) atoms. The van der Waals surface area contributed by atoms with E-state index >= 15 is 0 Å². The molecule has 1 rings (SSSR count). The summed E-state index contributed by atoms with van der Waals surface area (Å²) in [5.74, 6) is 0.927. The lowest BCUT2D eigenvalue weighted by Crippen LogP contribution is -2.20. The van der Waals surface area contributed by atoms with Gasteiger partial charge in [-0.25, -0.2) is 0 Å². The molecule has 1 aromatic carbocycles. The van der Waals surface area contributed by atoms with Gasteiger partial charge >= 0.3 is 0 Å². The number of ether oxygens (including phenoxy) is 2. The van der Waals surface area contributed by atoms with Gasteiger partial charge in [0.1, 0.15) is 5.75 Å². The van der Waals surface area contributed by atoms with Gasteiger partial charge in [0, 0.05) is 18.2 Å². The molecule has 1 atom stereocenters. The molecule has 3 heteroatoms. The molecule has 0 saturated heterocycles. The largest absolute Gasteiger partial charge is 0.496 e. The number of methoxy groups -OCH3 is 1. The second-order valence-electron chi connectivity index (χ2n) is 4.29. The van der Waals surface area contributed by atoms with Crippen LogP contribution < -0.4 is 10.1 Å². The maximum atomic E-state index is 5.59. The van der Waals surface area contributed by atoms with Gasteiger partial charge in [-0.1, -0.05) is 18.2 Å². The Morgan fingerprint density at radius 2 is 1.94 bits per heavy atom. The van der Waals surface area contributed by atoms with E-state index in [1.54, 1.807) is 7.11 Å². The van der Waals surface area contributed by atoms with Gasteiger partial charge in [-0.05, 0) is 33.4 Å². The Balaban J connectivity index is 2.65. The molecule has 0 heterocycles. The van der Waals surface area contributed by atoms with Gasteiger partial charge in [0.05, 0.1) is 13.2 Å². The zero-order valence-corrected chi connectivity index (χ0v) is 11.2. The molecule has 3 nitrogen and oxygen atoms in total. The fourth-order valence-electron chi connectivity index (χ4n) is 1.83. The van der Waals surface area contributed by atoms with Crippen molar-refractivity contribution in [1.29, 1.82) is 0 Å². The van der Waals surface area contributed by atoms with Gasteiger partial charge in [0.2, 0.25) is 0 Å². The Morgan fingerprint density at radius 1 is 1.24 bits per heavy atom. The molecule has 0 aromatic heterocycles. The monoisotopic (exact) mass is 237 g/mol. The lowest BCUT2D eigenvalue weighted by Gasteiger charge is -2.19. The predicted molar refractivity (Wildman–Crippen MR) is 70.5 cm³/mol. The summed E-state index contributed by atoms with van der Waals surface area (Å²) < 4.78 is 11.0. The van der Waals surface area contributed by atoms with Crippen LogP contribution in [0.5, 0.6) is 5.75 Å². The molecule has 0 amide bonds. The van der Waals surface area contributed by atoms with Gasteiger partial charge < -0.3 is 14.8 Å². The van der Waals surface area contributed by atoms with Crippen molar-refractivity contribution in [1.82, 2.24) is 5.32 Å². The third kappa shape index (κ3) is 4.36. The second-order valence-corrected chi connectivity index (χ2v) is 4.29.